The van der Waals surface area contributed by atoms with Gasteiger partial charge in [0.1, 0.15) is 0 Å². The summed E-state index contributed by atoms with van der Waals surface area (Å²) < 4.78 is 0. The fourth-order valence-electron chi connectivity index (χ4n) is 2.82. The maximum absolute atomic E-state index is 2.33. The maximum Gasteiger partial charge on any atom is 0.0783 e. The Hall–Kier alpha value is 0.195. The molecule has 0 saturated carbocycles. The molecule has 0 N–H and O–H groups in total. The van der Waals surface area contributed by atoms with E-state index in [2.05, 4.69) is 21.6 Å². The first-order valence-corrected chi connectivity index (χ1v) is 8.85. The third-order valence-electron chi connectivity index (χ3n) is 4.15. The van der Waals surface area contributed by atoms with Gasteiger partial charge in [-0.25, -0.2) is 0 Å². The van der Waals surface area contributed by atoms with Crippen molar-refractivity contribution in [3.8, 4) is 0 Å². The second kappa shape index (κ2) is 15.3. The van der Waals surface area contributed by atoms with Crippen LogP contribution in [0.15, 0.2) is 0 Å². The lowest BCUT2D eigenvalue weighted by molar-refractivity contribution is 0.434. The van der Waals surface area contributed by atoms with Crippen LogP contribution in [0.1, 0.15) is 84.5 Å². The molecular formula is C15H35B3. The molecule has 0 heterocycles. The van der Waals surface area contributed by atoms with Crippen LogP contribution in [0.3, 0.4) is 0 Å². The minimum atomic E-state index is 1.04. The van der Waals surface area contributed by atoms with Crippen LogP contribution in [0, 0.1) is 5.92 Å². The van der Waals surface area contributed by atoms with Crippen molar-refractivity contribution >= 4 is 22.0 Å². The summed E-state index contributed by atoms with van der Waals surface area (Å²) in [6.07, 6.45) is 17.5. The molecule has 0 aromatic carbocycles. The molecule has 0 fully saturated rings. The maximum atomic E-state index is 2.33. The lowest BCUT2D eigenvalue weighted by Gasteiger charge is -2.16. The van der Waals surface area contributed by atoms with Crippen LogP contribution in [0.5, 0.6) is 0 Å². The van der Waals surface area contributed by atoms with Crippen LogP contribution >= 0.6 is 0 Å². The monoisotopic (exact) mass is 248 g/mol. The number of hydrogen-bond donors (Lipinski definition) is 0. The number of rotatable bonds is 14. The molecule has 1 atom stereocenters. The van der Waals surface area contributed by atoms with Gasteiger partial charge in [0.05, 0.1) is 22.0 Å². The van der Waals surface area contributed by atoms with Crippen LogP contribution in [0.25, 0.3) is 0 Å². The zero-order valence-corrected chi connectivity index (χ0v) is 13.5. The molecule has 0 amide bonds. The molecule has 0 aliphatic rings. The van der Waals surface area contributed by atoms with Gasteiger partial charge < -0.3 is 0 Å². The van der Waals surface area contributed by atoms with Crippen LogP contribution in [-0.4, -0.2) is 22.0 Å². The second-order valence-corrected chi connectivity index (χ2v) is 6.06. The summed E-state index contributed by atoms with van der Waals surface area (Å²) in [5.74, 6) is 1.04. The molecule has 0 bridgehead atoms. The number of hydrogen-bond acceptors (Lipinski definition) is 0. The molecule has 0 saturated heterocycles. The summed E-state index contributed by atoms with van der Waals surface area (Å²) in [5, 5.41) is 0. The molecule has 104 valence electrons. The van der Waals surface area contributed by atoms with E-state index >= 15 is 0 Å². The van der Waals surface area contributed by atoms with Gasteiger partial charge in [-0.1, -0.05) is 90.8 Å². The summed E-state index contributed by atoms with van der Waals surface area (Å²) >= 11 is 0. The van der Waals surface area contributed by atoms with Gasteiger partial charge >= 0.3 is 0 Å². The molecule has 0 aliphatic heterocycles. The third-order valence-corrected chi connectivity index (χ3v) is 4.15. The van der Waals surface area contributed by atoms with E-state index in [4.69, 9.17) is 0 Å². The Balaban J connectivity index is 3.56. The van der Waals surface area contributed by atoms with E-state index in [-0.39, 0.29) is 0 Å². The Morgan fingerprint density at radius 3 is 1.78 bits per heavy atom. The second-order valence-electron chi connectivity index (χ2n) is 6.06. The average molecular weight is 248 g/mol. The first-order valence-electron chi connectivity index (χ1n) is 8.85. The Morgan fingerprint density at radius 2 is 1.28 bits per heavy atom. The van der Waals surface area contributed by atoms with E-state index in [1.807, 2.05) is 0 Å². The molecule has 0 rings (SSSR count). The van der Waals surface area contributed by atoms with Gasteiger partial charge in [-0.15, -0.1) is 0 Å². The summed E-state index contributed by atoms with van der Waals surface area (Å²) in [5.41, 5.74) is 0. The molecule has 18 heavy (non-hydrogen) atoms. The lowest BCUT2D eigenvalue weighted by Crippen LogP contribution is -2.10. The van der Waals surface area contributed by atoms with Gasteiger partial charge in [0, 0.05) is 0 Å². The number of unbranched alkanes of at least 4 members (excludes halogenated alkanes) is 7. The molecule has 0 nitrogen and oxygen atoms in total. The Kier molecular flexibility index (Phi) is 15.4. The van der Waals surface area contributed by atoms with Gasteiger partial charge in [-0.2, -0.15) is 0 Å². The highest BCUT2D eigenvalue weighted by molar-refractivity contribution is 7.23. The van der Waals surface area contributed by atoms with Crippen LogP contribution in [0.4, 0.5) is 0 Å². The molecule has 3 heteroatoms. The third kappa shape index (κ3) is 12.6. The molecular weight excluding hydrogens is 213 g/mol. The minimum Gasteiger partial charge on any atom is -0.0825 e. The van der Waals surface area contributed by atoms with Crippen molar-refractivity contribution < 1.29 is 0 Å². The summed E-state index contributed by atoms with van der Waals surface area (Å²) in [6.45, 7) is 4.61. The van der Waals surface area contributed by atoms with Crippen molar-refractivity contribution in [1.82, 2.24) is 0 Å². The summed E-state index contributed by atoms with van der Waals surface area (Å²) in [4.78, 5) is 0. The van der Waals surface area contributed by atoms with Crippen molar-refractivity contribution in [2.45, 2.75) is 90.8 Å². The van der Waals surface area contributed by atoms with E-state index in [1.54, 1.807) is 0 Å². The molecule has 0 spiro atoms. The predicted octanol–water partition coefficient (Wildman–Crippen LogP) is 3.69. The molecule has 0 aromatic rings. The summed E-state index contributed by atoms with van der Waals surface area (Å²) in [6, 6.07) is 0. The first-order chi connectivity index (χ1) is 8.85. The quantitative estimate of drug-likeness (QED) is 0.325. The SMILES string of the molecule is BBBC[C@H](CCCCCC)CCCCCCC. The average Bonchev–Trinajstić information content (AvgIpc) is 2.39. The molecule has 0 radical (unpaired) electrons. The van der Waals surface area contributed by atoms with Gasteiger partial charge in [0.15, 0.2) is 0 Å². The Morgan fingerprint density at radius 1 is 0.778 bits per heavy atom. The van der Waals surface area contributed by atoms with Crippen LogP contribution < -0.4 is 0 Å². The van der Waals surface area contributed by atoms with Crippen molar-refractivity contribution in [3.63, 3.8) is 0 Å². The molecule has 0 aliphatic carbocycles. The Bertz CT molecular complexity index is 151. The lowest BCUT2D eigenvalue weighted by atomic mass is 9.26. The highest BCUT2D eigenvalue weighted by Gasteiger charge is 2.08. The fourth-order valence-corrected chi connectivity index (χ4v) is 2.82. The van der Waals surface area contributed by atoms with E-state index in [0.717, 1.165) is 5.92 Å². The van der Waals surface area contributed by atoms with Gasteiger partial charge in [-0.3, -0.25) is 0 Å². The van der Waals surface area contributed by atoms with Gasteiger partial charge in [0.2, 0.25) is 0 Å². The highest BCUT2D eigenvalue weighted by atomic mass is 14.1. The zero-order chi connectivity index (χ0) is 13.5. The van der Waals surface area contributed by atoms with E-state index < -0.39 is 0 Å². The standard InChI is InChI=1S/C15H35B3/c1-3-5-7-9-11-13-15(14-17-18-16)12-10-8-6-4-2/h15,17-18H,3-14,16H2,1-2H3/t15-/m1/s1. The van der Waals surface area contributed by atoms with Gasteiger partial charge in [0.25, 0.3) is 0 Å². The van der Waals surface area contributed by atoms with Crippen molar-refractivity contribution in [2.24, 2.45) is 5.92 Å². The summed E-state index contributed by atoms with van der Waals surface area (Å²) in [7, 11) is 5.16. The minimum absolute atomic E-state index is 1.04. The topological polar surface area (TPSA) is 0 Å². The Labute approximate surface area is 119 Å². The van der Waals surface area contributed by atoms with E-state index in [0.29, 0.717) is 0 Å². The fraction of sp³-hybridized carbons (Fsp3) is 1.00. The first kappa shape index (κ1) is 18.2. The van der Waals surface area contributed by atoms with Crippen molar-refractivity contribution in [3.05, 3.63) is 0 Å². The predicted molar refractivity (Wildman–Crippen MR) is 93.3 cm³/mol. The smallest absolute Gasteiger partial charge is 0.0783 e. The molecule has 0 aromatic heterocycles. The largest absolute Gasteiger partial charge is 0.0825 e. The highest BCUT2D eigenvalue weighted by Crippen LogP contribution is 2.21. The van der Waals surface area contributed by atoms with Crippen molar-refractivity contribution in [1.29, 1.82) is 0 Å². The van der Waals surface area contributed by atoms with E-state index in [1.165, 1.54) is 91.2 Å². The zero-order valence-electron chi connectivity index (χ0n) is 13.5. The van der Waals surface area contributed by atoms with Gasteiger partial charge in [-0.05, 0) is 5.92 Å². The molecule has 0 unspecified atom stereocenters. The normalized spacial score (nSPS) is 12.3. The van der Waals surface area contributed by atoms with E-state index in [9.17, 15) is 0 Å². The van der Waals surface area contributed by atoms with Crippen LogP contribution in [0.2, 0.25) is 6.32 Å². The van der Waals surface area contributed by atoms with Crippen LogP contribution in [-0.2, 0) is 0 Å². The van der Waals surface area contributed by atoms with Crippen molar-refractivity contribution in [2.75, 3.05) is 0 Å².